The predicted octanol–water partition coefficient (Wildman–Crippen LogP) is 3.06. The normalized spacial score (nSPS) is 19.5. The van der Waals surface area contributed by atoms with E-state index >= 15 is 0 Å². The molecule has 0 amide bonds. The first-order valence-corrected chi connectivity index (χ1v) is 9.26. The Morgan fingerprint density at radius 2 is 2.04 bits per heavy atom. The first-order valence-electron chi connectivity index (χ1n) is 9.26. The van der Waals surface area contributed by atoms with Crippen LogP contribution in [-0.2, 0) is 6.54 Å². The van der Waals surface area contributed by atoms with Gasteiger partial charge in [-0.3, -0.25) is 0 Å². The molecule has 1 atom stereocenters. The molecule has 2 rings (SSSR count). The van der Waals surface area contributed by atoms with Gasteiger partial charge < -0.3 is 15.1 Å². The van der Waals surface area contributed by atoms with E-state index in [-0.39, 0.29) is 0 Å². The summed E-state index contributed by atoms with van der Waals surface area (Å²) in [5.74, 6) is 2.46. The lowest BCUT2D eigenvalue weighted by Crippen LogP contribution is -2.44. The summed E-state index contributed by atoms with van der Waals surface area (Å²) in [7, 11) is 4.12. The second-order valence-corrected chi connectivity index (χ2v) is 7.56. The lowest BCUT2D eigenvalue weighted by atomic mass is 9.97. The predicted molar refractivity (Wildman–Crippen MR) is 103 cm³/mol. The zero-order valence-corrected chi connectivity index (χ0v) is 15.8. The molecule has 1 saturated heterocycles. The molecule has 4 heteroatoms. The van der Waals surface area contributed by atoms with Gasteiger partial charge in [0.25, 0.3) is 0 Å². The maximum absolute atomic E-state index is 4.76. The molecular formula is C20H34N4. The molecule has 1 unspecified atom stereocenters. The number of aliphatic imine (C=N–C) groups is 1. The van der Waals surface area contributed by atoms with E-state index in [1.807, 2.05) is 6.07 Å². The molecular weight excluding hydrogens is 296 g/mol. The summed E-state index contributed by atoms with van der Waals surface area (Å²) >= 11 is 0. The van der Waals surface area contributed by atoms with Crippen molar-refractivity contribution in [3.05, 3.63) is 35.9 Å². The van der Waals surface area contributed by atoms with Gasteiger partial charge in [0.2, 0.25) is 0 Å². The van der Waals surface area contributed by atoms with Crippen LogP contribution in [0.2, 0.25) is 0 Å². The fraction of sp³-hybridized carbons (Fsp3) is 0.650. The lowest BCUT2D eigenvalue weighted by Gasteiger charge is -2.34. The molecule has 24 heavy (non-hydrogen) atoms. The van der Waals surface area contributed by atoms with Gasteiger partial charge >= 0.3 is 0 Å². The van der Waals surface area contributed by atoms with Crippen molar-refractivity contribution in [1.29, 1.82) is 0 Å². The summed E-state index contributed by atoms with van der Waals surface area (Å²) in [5, 5.41) is 3.58. The van der Waals surface area contributed by atoms with E-state index in [1.165, 1.54) is 38.0 Å². The van der Waals surface area contributed by atoms with Crippen LogP contribution in [0.4, 0.5) is 0 Å². The average molecular weight is 331 g/mol. The van der Waals surface area contributed by atoms with Crippen LogP contribution >= 0.6 is 0 Å². The van der Waals surface area contributed by atoms with Crippen LogP contribution in [-0.4, -0.2) is 56.0 Å². The Morgan fingerprint density at radius 3 is 2.71 bits per heavy atom. The van der Waals surface area contributed by atoms with Gasteiger partial charge in [-0.1, -0.05) is 44.2 Å². The number of piperidine rings is 1. The van der Waals surface area contributed by atoms with Gasteiger partial charge in [-0.05, 0) is 36.8 Å². The Morgan fingerprint density at radius 1 is 1.29 bits per heavy atom. The molecule has 0 spiro atoms. The molecule has 134 valence electrons. The van der Waals surface area contributed by atoms with E-state index in [9.17, 15) is 0 Å². The van der Waals surface area contributed by atoms with Gasteiger partial charge in [-0.25, -0.2) is 4.99 Å². The molecule has 0 aliphatic carbocycles. The highest BCUT2D eigenvalue weighted by Gasteiger charge is 2.20. The summed E-state index contributed by atoms with van der Waals surface area (Å²) in [6.07, 6.45) is 2.64. The molecule has 1 fully saturated rings. The Bertz CT molecular complexity index is 496. The van der Waals surface area contributed by atoms with Crippen molar-refractivity contribution < 1.29 is 0 Å². The van der Waals surface area contributed by atoms with E-state index in [0.29, 0.717) is 0 Å². The fourth-order valence-corrected chi connectivity index (χ4v) is 3.34. The van der Waals surface area contributed by atoms with Crippen molar-refractivity contribution in [3.63, 3.8) is 0 Å². The fourth-order valence-electron chi connectivity index (χ4n) is 3.34. The molecule has 0 radical (unpaired) electrons. The van der Waals surface area contributed by atoms with Crippen molar-refractivity contribution in [2.24, 2.45) is 16.8 Å². The van der Waals surface area contributed by atoms with Gasteiger partial charge in [-0.2, -0.15) is 0 Å². The average Bonchev–Trinajstić information content (AvgIpc) is 2.55. The van der Waals surface area contributed by atoms with Crippen LogP contribution in [0.1, 0.15) is 32.3 Å². The maximum Gasteiger partial charge on any atom is 0.193 e. The van der Waals surface area contributed by atoms with Crippen LogP contribution in [0.25, 0.3) is 0 Å². The maximum atomic E-state index is 4.76. The molecule has 0 bridgehead atoms. The number of hydrogen-bond donors (Lipinski definition) is 1. The minimum absolute atomic E-state index is 0.722. The SMILES string of the molecule is CC(C)CN1CCCC(CNC(=NCc2ccccc2)N(C)C)C1. The minimum Gasteiger partial charge on any atom is -0.356 e. The van der Waals surface area contributed by atoms with Crippen LogP contribution in [0.5, 0.6) is 0 Å². The van der Waals surface area contributed by atoms with Crippen molar-refractivity contribution in [2.75, 3.05) is 40.3 Å². The van der Waals surface area contributed by atoms with Crippen molar-refractivity contribution in [3.8, 4) is 0 Å². The number of likely N-dealkylation sites (tertiary alicyclic amines) is 1. The molecule has 1 aliphatic rings. The molecule has 1 aromatic carbocycles. The Hall–Kier alpha value is -1.55. The highest BCUT2D eigenvalue weighted by molar-refractivity contribution is 5.79. The zero-order chi connectivity index (χ0) is 17.4. The Labute approximate surface area is 147 Å². The van der Waals surface area contributed by atoms with Crippen LogP contribution < -0.4 is 5.32 Å². The van der Waals surface area contributed by atoms with Crippen molar-refractivity contribution >= 4 is 5.96 Å². The summed E-state index contributed by atoms with van der Waals surface area (Å²) in [6.45, 7) is 10.1. The molecule has 1 aromatic rings. The summed E-state index contributed by atoms with van der Waals surface area (Å²) in [4.78, 5) is 9.47. The van der Waals surface area contributed by atoms with Crippen LogP contribution in [0.15, 0.2) is 35.3 Å². The largest absolute Gasteiger partial charge is 0.356 e. The van der Waals surface area contributed by atoms with E-state index in [1.54, 1.807) is 0 Å². The number of guanidine groups is 1. The molecule has 1 heterocycles. The van der Waals surface area contributed by atoms with E-state index in [4.69, 9.17) is 4.99 Å². The van der Waals surface area contributed by atoms with Crippen LogP contribution in [0, 0.1) is 11.8 Å². The van der Waals surface area contributed by atoms with E-state index in [2.05, 4.69) is 67.3 Å². The standard InChI is InChI=1S/C20H34N4/c1-17(2)15-24-12-8-11-19(16-24)14-22-20(23(3)4)21-13-18-9-6-5-7-10-18/h5-7,9-10,17,19H,8,11-16H2,1-4H3,(H,21,22). The van der Waals surface area contributed by atoms with Crippen LogP contribution in [0.3, 0.4) is 0 Å². The second-order valence-electron chi connectivity index (χ2n) is 7.56. The van der Waals surface area contributed by atoms with Gasteiger partial charge in [0, 0.05) is 33.7 Å². The first kappa shape index (κ1) is 18.8. The number of nitrogens with zero attached hydrogens (tertiary/aromatic N) is 3. The Kier molecular flexibility index (Phi) is 7.57. The Balaban J connectivity index is 1.84. The molecule has 1 N–H and O–H groups in total. The molecule has 0 saturated carbocycles. The second kappa shape index (κ2) is 9.67. The third-order valence-corrected chi connectivity index (χ3v) is 4.45. The lowest BCUT2D eigenvalue weighted by molar-refractivity contribution is 0.159. The van der Waals surface area contributed by atoms with Gasteiger partial charge in [-0.15, -0.1) is 0 Å². The van der Waals surface area contributed by atoms with Gasteiger partial charge in [0.1, 0.15) is 0 Å². The quantitative estimate of drug-likeness (QED) is 0.642. The third kappa shape index (κ3) is 6.52. The third-order valence-electron chi connectivity index (χ3n) is 4.45. The molecule has 0 aromatic heterocycles. The van der Waals surface area contributed by atoms with Gasteiger partial charge in [0.05, 0.1) is 6.54 Å². The molecule has 1 aliphatic heterocycles. The first-order chi connectivity index (χ1) is 11.5. The summed E-state index contributed by atoms with van der Waals surface area (Å²) in [5.41, 5.74) is 1.25. The van der Waals surface area contributed by atoms with E-state index < -0.39 is 0 Å². The van der Waals surface area contributed by atoms with Gasteiger partial charge in [0.15, 0.2) is 5.96 Å². The highest BCUT2D eigenvalue weighted by atomic mass is 15.3. The monoisotopic (exact) mass is 330 g/mol. The number of hydrogen-bond acceptors (Lipinski definition) is 2. The topological polar surface area (TPSA) is 30.9 Å². The number of benzene rings is 1. The minimum atomic E-state index is 0.722. The smallest absolute Gasteiger partial charge is 0.193 e. The van der Waals surface area contributed by atoms with Crippen molar-refractivity contribution in [1.82, 2.24) is 15.1 Å². The van der Waals surface area contributed by atoms with E-state index in [0.717, 1.165) is 30.9 Å². The summed E-state index contributed by atoms with van der Waals surface area (Å²) < 4.78 is 0. The number of rotatable bonds is 6. The highest BCUT2D eigenvalue weighted by Crippen LogP contribution is 2.17. The van der Waals surface area contributed by atoms with Crippen molar-refractivity contribution in [2.45, 2.75) is 33.2 Å². The molecule has 4 nitrogen and oxygen atoms in total. The number of nitrogens with one attached hydrogen (secondary N) is 1. The zero-order valence-electron chi connectivity index (χ0n) is 15.8. The summed E-state index contributed by atoms with van der Waals surface area (Å²) in [6, 6.07) is 10.4.